The maximum Gasteiger partial charge on any atom is 0.149 e. The van der Waals surface area contributed by atoms with Crippen LogP contribution in [0.4, 0.5) is 5.69 Å². The van der Waals surface area contributed by atoms with Crippen molar-refractivity contribution in [2.75, 3.05) is 18.0 Å². The van der Waals surface area contributed by atoms with Gasteiger partial charge in [0.1, 0.15) is 24.3 Å². The van der Waals surface area contributed by atoms with Crippen LogP contribution in [0.5, 0.6) is 5.75 Å². The fourth-order valence-corrected chi connectivity index (χ4v) is 3.81. The Morgan fingerprint density at radius 1 is 1.09 bits per heavy atom. The van der Waals surface area contributed by atoms with E-state index in [0.717, 1.165) is 40.9 Å². The van der Waals surface area contributed by atoms with Crippen molar-refractivity contribution in [2.45, 2.75) is 20.5 Å². The van der Waals surface area contributed by atoms with Gasteiger partial charge >= 0.3 is 0 Å². The first kappa shape index (κ1) is 22.4. The Hall–Kier alpha value is -3.75. The maximum atomic E-state index is 9.87. The summed E-state index contributed by atoms with van der Waals surface area (Å²) in [6, 6.07) is 23.7. The van der Waals surface area contributed by atoms with Crippen LogP contribution in [0.1, 0.15) is 30.8 Å². The Balaban J connectivity index is 1.71. The van der Waals surface area contributed by atoms with Gasteiger partial charge in [-0.1, -0.05) is 35.9 Å². The molecule has 0 saturated heterocycles. The number of rotatable bonds is 8. The van der Waals surface area contributed by atoms with Crippen LogP contribution in [0, 0.1) is 11.3 Å². The molecule has 1 N–H and O–H groups in total. The van der Waals surface area contributed by atoms with Gasteiger partial charge in [-0.3, -0.25) is 0 Å². The molecule has 0 radical (unpaired) electrons. The second-order valence-electron chi connectivity index (χ2n) is 7.58. The minimum absolute atomic E-state index is 0.395. The number of para-hydroxylation sites is 2. The number of benzene rings is 3. The summed E-state index contributed by atoms with van der Waals surface area (Å²) in [7, 11) is 0. The summed E-state index contributed by atoms with van der Waals surface area (Å²) in [6.45, 7) is 6.43. The van der Waals surface area contributed by atoms with E-state index in [9.17, 15) is 5.26 Å². The standard InChI is InChI=1S/C27H25ClN4O/c1-3-32(4-2)23-14-11-20(26(16-23)33-18-19-9-12-22(28)13-10-19)15-21(17-29)27-30-24-7-5-6-8-25(24)31-27/h5-16H,3-4,18H2,1-2H3,(H,30,31). The lowest BCUT2D eigenvalue weighted by atomic mass is 10.1. The van der Waals surface area contributed by atoms with Crippen LogP contribution in [-0.2, 0) is 6.61 Å². The van der Waals surface area contributed by atoms with Crippen molar-refractivity contribution in [2.24, 2.45) is 0 Å². The number of anilines is 1. The number of allylic oxidation sites excluding steroid dienone is 1. The van der Waals surface area contributed by atoms with Gasteiger partial charge in [-0.25, -0.2) is 4.98 Å². The molecule has 0 aliphatic rings. The van der Waals surface area contributed by atoms with Crippen LogP contribution in [0.3, 0.4) is 0 Å². The normalized spacial score (nSPS) is 11.4. The van der Waals surface area contributed by atoms with E-state index in [0.29, 0.717) is 28.8 Å². The molecule has 4 aromatic rings. The number of fused-ring (bicyclic) bond motifs is 1. The number of hydrogen-bond acceptors (Lipinski definition) is 4. The summed E-state index contributed by atoms with van der Waals surface area (Å²) in [4.78, 5) is 10.1. The molecule has 0 aliphatic carbocycles. The number of imidazole rings is 1. The number of halogens is 1. The van der Waals surface area contributed by atoms with Gasteiger partial charge in [0.2, 0.25) is 0 Å². The van der Waals surface area contributed by atoms with E-state index < -0.39 is 0 Å². The molecule has 0 amide bonds. The van der Waals surface area contributed by atoms with Crippen molar-refractivity contribution < 1.29 is 4.74 Å². The molecule has 1 aromatic heterocycles. The minimum Gasteiger partial charge on any atom is -0.488 e. The Morgan fingerprint density at radius 3 is 2.55 bits per heavy atom. The number of aromatic nitrogens is 2. The van der Waals surface area contributed by atoms with Gasteiger partial charge < -0.3 is 14.6 Å². The van der Waals surface area contributed by atoms with Crippen molar-refractivity contribution in [3.05, 3.63) is 88.7 Å². The lowest BCUT2D eigenvalue weighted by Crippen LogP contribution is -2.21. The van der Waals surface area contributed by atoms with Crippen molar-refractivity contribution in [3.8, 4) is 11.8 Å². The fourth-order valence-electron chi connectivity index (χ4n) is 3.68. The van der Waals surface area contributed by atoms with Gasteiger partial charge in [0.15, 0.2) is 0 Å². The molecule has 0 saturated carbocycles. The highest BCUT2D eigenvalue weighted by Crippen LogP contribution is 2.30. The summed E-state index contributed by atoms with van der Waals surface area (Å²) >= 11 is 6.01. The zero-order chi connectivity index (χ0) is 23.2. The molecule has 6 heteroatoms. The van der Waals surface area contributed by atoms with Crippen molar-refractivity contribution in [3.63, 3.8) is 0 Å². The summed E-state index contributed by atoms with van der Waals surface area (Å²) in [5.74, 6) is 1.24. The smallest absolute Gasteiger partial charge is 0.149 e. The van der Waals surface area contributed by atoms with E-state index in [2.05, 4.69) is 40.9 Å². The number of ether oxygens (including phenoxy) is 1. The van der Waals surface area contributed by atoms with Crippen LogP contribution in [0.15, 0.2) is 66.7 Å². The number of hydrogen-bond donors (Lipinski definition) is 1. The quantitative estimate of drug-likeness (QED) is 0.299. The highest BCUT2D eigenvalue weighted by Gasteiger charge is 2.12. The molecule has 3 aromatic carbocycles. The van der Waals surface area contributed by atoms with E-state index in [4.69, 9.17) is 16.3 Å². The molecule has 0 spiro atoms. The average Bonchev–Trinajstić information content (AvgIpc) is 3.28. The SMILES string of the molecule is CCN(CC)c1ccc(C=C(C#N)c2nc3ccccc3[nH]2)c(OCc2ccc(Cl)cc2)c1. The van der Waals surface area contributed by atoms with E-state index in [1.54, 1.807) is 0 Å². The topological polar surface area (TPSA) is 64.9 Å². The van der Waals surface area contributed by atoms with Gasteiger partial charge in [0, 0.05) is 35.4 Å². The highest BCUT2D eigenvalue weighted by atomic mass is 35.5. The van der Waals surface area contributed by atoms with Gasteiger partial charge in [-0.05, 0) is 61.9 Å². The monoisotopic (exact) mass is 456 g/mol. The molecule has 0 fully saturated rings. The van der Waals surface area contributed by atoms with E-state index in [1.165, 1.54) is 0 Å². The first-order valence-electron chi connectivity index (χ1n) is 10.9. The zero-order valence-corrected chi connectivity index (χ0v) is 19.4. The van der Waals surface area contributed by atoms with Gasteiger partial charge in [0.05, 0.1) is 16.6 Å². The van der Waals surface area contributed by atoms with Gasteiger partial charge in [0.25, 0.3) is 0 Å². The third-order valence-corrected chi connectivity index (χ3v) is 5.75. The predicted octanol–water partition coefficient (Wildman–Crippen LogP) is 6.71. The Kier molecular flexibility index (Phi) is 6.97. The van der Waals surface area contributed by atoms with Crippen LogP contribution in [0.25, 0.3) is 22.7 Å². The molecule has 0 unspecified atom stereocenters. The Bertz CT molecular complexity index is 1280. The van der Waals surface area contributed by atoms with E-state index in [1.807, 2.05) is 66.7 Å². The van der Waals surface area contributed by atoms with Crippen LogP contribution in [-0.4, -0.2) is 23.1 Å². The summed E-state index contributed by atoms with van der Waals surface area (Å²) in [5.41, 5.74) is 5.07. The molecule has 33 heavy (non-hydrogen) atoms. The van der Waals surface area contributed by atoms with Crippen LogP contribution >= 0.6 is 11.6 Å². The predicted molar refractivity (Wildman–Crippen MR) is 135 cm³/mol. The minimum atomic E-state index is 0.395. The molecule has 166 valence electrons. The van der Waals surface area contributed by atoms with Gasteiger partial charge in [-0.2, -0.15) is 5.26 Å². The lowest BCUT2D eigenvalue weighted by molar-refractivity contribution is 0.305. The van der Waals surface area contributed by atoms with Crippen molar-refractivity contribution in [1.82, 2.24) is 9.97 Å². The molecule has 0 bridgehead atoms. The molecular formula is C27H25ClN4O. The average molecular weight is 457 g/mol. The fraction of sp³-hybridized carbons (Fsp3) is 0.185. The van der Waals surface area contributed by atoms with Crippen LogP contribution < -0.4 is 9.64 Å². The van der Waals surface area contributed by atoms with E-state index >= 15 is 0 Å². The van der Waals surface area contributed by atoms with E-state index in [-0.39, 0.29) is 0 Å². The summed E-state index contributed by atoms with van der Waals surface area (Å²) in [6.07, 6.45) is 1.82. The second-order valence-corrected chi connectivity index (χ2v) is 8.02. The Labute approximate surface area is 198 Å². The lowest BCUT2D eigenvalue weighted by Gasteiger charge is -2.22. The molecule has 0 aliphatic heterocycles. The first-order valence-corrected chi connectivity index (χ1v) is 11.3. The Morgan fingerprint density at radius 2 is 1.85 bits per heavy atom. The maximum absolute atomic E-state index is 9.87. The number of H-pyrrole nitrogens is 1. The third-order valence-electron chi connectivity index (χ3n) is 5.50. The summed E-state index contributed by atoms with van der Waals surface area (Å²) < 4.78 is 6.23. The third kappa shape index (κ3) is 5.19. The number of nitriles is 1. The molecule has 1 heterocycles. The zero-order valence-electron chi connectivity index (χ0n) is 18.7. The number of aromatic amines is 1. The largest absolute Gasteiger partial charge is 0.488 e. The molecule has 4 rings (SSSR count). The molecule has 0 atom stereocenters. The molecule has 5 nitrogen and oxygen atoms in total. The summed E-state index contributed by atoms with van der Waals surface area (Å²) in [5, 5.41) is 10.6. The number of nitrogens with one attached hydrogen (secondary N) is 1. The second kappa shape index (κ2) is 10.2. The van der Waals surface area contributed by atoms with Crippen molar-refractivity contribution >= 4 is 40.0 Å². The van der Waals surface area contributed by atoms with Gasteiger partial charge in [-0.15, -0.1) is 0 Å². The first-order chi connectivity index (χ1) is 16.1. The highest BCUT2D eigenvalue weighted by molar-refractivity contribution is 6.30. The van der Waals surface area contributed by atoms with Crippen molar-refractivity contribution in [1.29, 1.82) is 5.26 Å². The molecular weight excluding hydrogens is 432 g/mol. The van der Waals surface area contributed by atoms with Crippen LogP contribution in [0.2, 0.25) is 5.02 Å². The number of nitrogens with zero attached hydrogens (tertiary/aromatic N) is 3.